The molecule has 0 atom stereocenters. The summed E-state index contributed by atoms with van der Waals surface area (Å²) in [6.07, 6.45) is -0.169. The Kier molecular flexibility index (Phi) is 5.62. The molecule has 0 aliphatic heterocycles. The molecule has 1 aromatic carbocycles. The van der Waals surface area contributed by atoms with Crippen LogP contribution in [0.25, 0.3) is 0 Å². The van der Waals surface area contributed by atoms with E-state index in [1.807, 2.05) is 0 Å². The predicted octanol–water partition coefficient (Wildman–Crippen LogP) is -1.16. The van der Waals surface area contributed by atoms with E-state index in [1.54, 1.807) is 0 Å². The van der Waals surface area contributed by atoms with E-state index in [9.17, 15) is 26.5 Å². The van der Waals surface area contributed by atoms with Crippen molar-refractivity contribution in [1.29, 1.82) is 0 Å². The summed E-state index contributed by atoms with van der Waals surface area (Å²) in [5.41, 5.74) is -2.39. The quantitative estimate of drug-likeness (QED) is 0.366. The van der Waals surface area contributed by atoms with Gasteiger partial charge < -0.3 is 12.9 Å². The van der Waals surface area contributed by atoms with Crippen LogP contribution in [0.1, 0.15) is 10.4 Å². The fourth-order valence-electron chi connectivity index (χ4n) is 0.905. The van der Waals surface area contributed by atoms with Gasteiger partial charge in [0.25, 0.3) is 0 Å². The summed E-state index contributed by atoms with van der Waals surface area (Å²) in [4.78, 5) is 10.1. The molecule has 0 aliphatic rings. The van der Waals surface area contributed by atoms with Gasteiger partial charge >= 0.3 is 58.4 Å². The minimum absolute atomic E-state index is 0. The van der Waals surface area contributed by atoms with Crippen LogP contribution in [-0.2, 0) is 0 Å². The number of halogens is 5. The predicted molar refractivity (Wildman–Crippen MR) is 40.5 cm³/mol. The Morgan fingerprint density at radius 1 is 1.07 bits per heavy atom. The number of benzene rings is 1. The molecule has 0 N–H and O–H groups in total. The molecular weight excluding hydrogens is 245 g/mol. The molecule has 0 saturated carbocycles. The minimum atomic E-state index is -5.46. The van der Waals surface area contributed by atoms with Crippen molar-refractivity contribution < 1.29 is 77.9 Å². The van der Waals surface area contributed by atoms with Crippen molar-refractivity contribution in [2.24, 2.45) is 0 Å². The maximum Gasteiger partial charge on any atom is 1.00 e. The summed E-state index contributed by atoms with van der Waals surface area (Å²) >= 11 is 0. The molecule has 0 aliphatic carbocycles. The van der Waals surface area contributed by atoms with Gasteiger partial charge in [0.2, 0.25) is 0 Å². The average molecular weight is 248 g/mol. The van der Waals surface area contributed by atoms with E-state index in [0.717, 1.165) is 0 Å². The number of carbonyl (C=O) groups is 1. The normalized spacial score (nSPS) is 10.7. The summed E-state index contributed by atoms with van der Waals surface area (Å²) in [5, 5.41) is 0. The van der Waals surface area contributed by atoms with Crippen molar-refractivity contribution in [2.75, 3.05) is 0 Å². The van der Waals surface area contributed by atoms with E-state index in [-0.39, 0.29) is 69.8 Å². The van der Waals surface area contributed by atoms with E-state index < -0.39 is 29.6 Å². The molecule has 0 aromatic heterocycles. The van der Waals surface area contributed by atoms with Gasteiger partial charge in [0.1, 0.15) is 11.6 Å². The number of hydrogen-bond acceptors (Lipinski definition) is 1. The third kappa shape index (κ3) is 3.63. The van der Waals surface area contributed by atoms with Crippen LogP contribution in [0.5, 0.6) is 0 Å². The molecule has 8 heteroatoms. The summed E-state index contributed by atoms with van der Waals surface area (Å²) in [5.74, 6) is -3.01. The van der Waals surface area contributed by atoms with Crippen molar-refractivity contribution in [3.05, 3.63) is 29.3 Å². The topological polar surface area (TPSA) is 17.1 Å². The molecule has 0 saturated heterocycles. The summed E-state index contributed by atoms with van der Waals surface area (Å²) in [6, 6.07) is 0.208. The van der Waals surface area contributed by atoms with Gasteiger partial charge in [0.15, 0.2) is 6.29 Å². The Hall–Kier alpha value is 0.241. The van der Waals surface area contributed by atoms with Crippen LogP contribution in [0, 0.1) is 11.6 Å². The third-order valence-electron chi connectivity index (χ3n) is 1.60. The van der Waals surface area contributed by atoms with Gasteiger partial charge in [-0.1, -0.05) is 12.1 Å². The molecule has 0 bridgehead atoms. The zero-order chi connectivity index (χ0) is 10.9. The maximum absolute atomic E-state index is 12.7. The molecule has 1 aromatic rings. The number of carbonyl (C=O) groups excluding carboxylic acids is 1. The largest absolute Gasteiger partial charge is 1.00 e. The molecule has 15 heavy (non-hydrogen) atoms. The van der Waals surface area contributed by atoms with Crippen molar-refractivity contribution in [3.63, 3.8) is 0 Å². The molecule has 0 heterocycles. The number of hydrogen-bond donors (Lipinski definition) is 0. The van der Waals surface area contributed by atoms with Crippen LogP contribution in [0.15, 0.2) is 12.1 Å². The summed E-state index contributed by atoms with van der Waals surface area (Å²) in [6.45, 7) is -5.46. The fraction of sp³-hybridized carbons (Fsp3) is 0. The Morgan fingerprint density at radius 3 is 1.73 bits per heavy atom. The van der Waals surface area contributed by atoms with Crippen LogP contribution in [0.4, 0.5) is 21.7 Å². The molecule has 0 amide bonds. The molecule has 76 valence electrons. The summed E-state index contributed by atoms with van der Waals surface area (Å²) < 4.78 is 61.4. The van der Waals surface area contributed by atoms with E-state index >= 15 is 0 Å². The standard InChI is InChI=1S/C7H3BF5O.K/c9-6-1-4(8(11,12)13)2-7(10)5(6)3-14;/h1-3H;/q-1;+1. The molecule has 0 unspecified atom stereocenters. The van der Waals surface area contributed by atoms with Gasteiger partial charge in [0, 0.05) is 0 Å². The van der Waals surface area contributed by atoms with Crippen LogP contribution in [0.3, 0.4) is 0 Å². The zero-order valence-electron chi connectivity index (χ0n) is 7.61. The first-order valence-corrected chi connectivity index (χ1v) is 3.50. The van der Waals surface area contributed by atoms with Crippen LogP contribution >= 0.6 is 0 Å². The van der Waals surface area contributed by atoms with Crippen molar-refractivity contribution in [3.8, 4) is 0 Å². The van der Waals surface area contributed by atoms with Crippen molar-refractivity contribution in [2.45, 2.75) is 0 Å². The molecule has 0 radical (unpaired) electrons. The Balaban J connectivity index is 0.00000196. The van der Waals surface area contributed by atoms with Crippen LogP contribution in [-0.4, -0.2) is 13.3 Å². The van der Waals surface area contributed by atoms with Crippen LogP contribution in [0.2, 0.25) is 0 Å². The average Bonchev–Trinajstić information content (AvgIpc) is 2.01. The second kappa shape index (κ2) is 5.53. The SMILES string of the molecule is O=Cc1c(F)cc([B-](F)(F)F)cc1F.[K+]. The zero-order valence-corrected chi connectivity index (χ0v) is 10.7. The molecular formula is C7H3BF5KO. The van der Waals surface area contributed by atoms with Gasteiger partial charge in [-0.05, 0) is 0 Å². The smallest absolute Gasteiger partial charge is 0.445 e. The third-order valence-corrected chi connectivity index (χ3v) is 1.60. The van der Waals surface area contributed by atoms with Gasteiger partial charge in [0.05, 0.1) is 5.56 Å². The van der Waals surface area contributed by atoms with Crippen LogP contribution < -0.4 is 56.8 Å². The first-order valence-electron chi connectivity index (χ1n) is 3.50. The first kappa shape index (κ1) is 15.2. The fourth-order valence-corrected chi connectivity index (χ4v) is 0.905. The molecule has 1 nitrogen and oxygen atoms in total. The second-order valence-corrected chi connectivity index (χ2v) is 2.59. The minimum Gasteiger partial charge on any atom is -0.445 e. The monoisotopic (exact) mass is 248 g/mol. The van der Waals surface area contributed by atoms with Crippen molar-refractivity contribution >= 4 is 18.7 Å². The van der Waals surface area contributed by atoms with E-state index in [4.69, 9.17) is 0 Å². The number of aldehydes is 1. The molecule has 1 rings (SSSR count). The van der Waals surface area contributed by atoms with E-state index in [1.165, 1.54) is 0 Å². The molecule has 0 fully saturated rings. The Labute approximate surface area is 125 Å². The van der Waals surface area contributed by atoms with E-state index in [2.05, 4.69) is 0 Å². The Morgan fingerprint density at radius 2 is 1.47 bits per heavy atom. The second-order valence-electron chi connectivity index (χ2n) is 2.59. The Bertz CT molecular complexity index is 355. The summed E-state index contributed by atoms with van der Waals surface area (Å²) in [7, 11) is 0. The van der Waals surface area contributed by atoms with Gasteiger partial charge in [-0.15, -0.1) is 5.46 Å². The van der Waals surface area contributed by atoms with Gasteiger partial charge in [-0.2, -0.15) is 0 Å². The first-order chi connectivity index (χ1) is 6.36. The molecule has 0 spiro atoms. The van der Waals surface area contributed by atoms with Gasteiger partial charge in [-0.3, -0.25) is 4.79 Å². The maximum atomic E-state index is 12.7. The number of rotatable bonds is 2. The van der Waals surface area contributed by atoms with Gasteiger partial charge in [-0.25, -0.2) is 8.78 Å². The van der Waals surface area contributed by atoms with Crippen molar-refractivity contribution in [1.82, 2.24) is 0 Å². The van der Waals surface area contributed by atoms with E-state index in [0.29, 0.717) is 0 Å².